The molecule has 0 aliphatic carbocycles. The molecule has 1 aromatic carbocycles. The monoisotopic (exact) mass is 358 g/mol. The molecule has 0 bridgehead atoms. The summed E-state index contributed by atoms with van der Waals surface area (Å²) in [5, 5.41) is 0. The van der Waals surface area contributed by atoms with Crippen LogP contribution in [0.15, 0.2) is 39.8 Å². The van der Waals surface area contributed by atoms with Gasteiger partial charge in [0, 0.05) is 10.7 Å². The highest BCUT2D eigenvalue weighted by Gasteiger charge is 2.18. The Morgan fingerprint density at radius 3 is 2.50 bits per heavy atom. The van der Waals surface area contributed by atoms with E-state index < -0.39 is 15.8 Å². The van der Waals surface area contributed by atoms with Crippen molar-refractivity contribution in [1.29, 1.82) is 0 Å². The molecular formula is C13H12BrFN2O2S. The molecule has 0 aliphatic rings. The molecule has 4 nitrogen and oxygen atoms in total. The quantitative estimate of drug-likeness (QED) is 0.914. The summed E-state index contributed by atoms with van der Waals surface area (Å²) in [7, 11) is -3.78. The van der Waals surface area contributed by atoms with E-state index in [9.17, 15) is 12.8 Å². The topological polar surface area (TPSA) is 59.1 Å². The van der Waals surface area contributed by atoms with Crippen LogP contribution in [0.3, 0.4) is 0 Å². The van der Waals surface area contributed by atoms with E-state index in [4.69, 9.17) is 0 Å². The summed E-state index contributed by atoms with van der Waals surface area (Å²) >= 11 is 3.29. The van der Waals surface area contributed by atoms with E-state index >= 15 is 0 Å². The minimum Gasteiger partial charge on any atom is -0.263 e. The predicted octanol–water partition coefficient (Wildman–Crippen LogP) is 3.40. The van der Waals surface area contributed by atoms with Crippen LogP contribution in [0.5, 0.6) is 0 Å². The summed E-state index contributed by atoms with van der Waals surface area (Å²) in [5.41, 5.74) is 1.19. The smallest absolute Gasteiger partial charge is 0.263 e. The van der Waals surface area contributed by atoms with Gasteiger partial charge in [-0.2, -0.15) is 0 Å². The third-order valence-electron chi connectivity index (χ3n) is 2.71. The van der Waals surface area contributed by atoms with Gasteiger partial charge in [0.2, 0.25) is 0 Å². The Morgan fingerprint density at radius 2 is 1.90 bits per heavy atom. The molecule has 2 aromatic rings. The van der Waals surface area contributed by atoms with Gasteiger partial charge < -0.3 is 0 Å². The number of benzene rings is 1. The Labute approximate surface area is 125 Å². The van der Waals surface area contributed by atoms with Crippen molar-refractivity contribution < 1.29 is 12.8 Å². The SMILES string of the molecule is Cc1cc(NS(=O)(=O)c2ccc(F)cc2C)ncc1Br. The zero-order chi connectivity index (χ0) is 14.9. The molecule has 1 aromatic heterocycles. The molecule has 0 radical (unpaired) electrons. The number of halogens is 2. The van der Waals surface area contributed by atoms with Gasteiger partial charge in [-0.25, -0.2) is 17.8 Å². The number of aromatic nitrogens is 1. The number of rotatable bonds is 3. The van der Waals surface area contributed by atoms with Crippen molar-refractivity contribution in [3.63, 3.8) is 0 Å². The average Bonchev–Trinajstić information content (AvgIpc) is 2.33. The molecule has 106 valence electrons. The maximum atomic E-state index is 13.0. The molecule has 0 amide bonds. The number of anilines is 1. The van der Waals surface area contributed by atoms with E-state index in [0.29, 0.717) is 5.56 Å². The highest BCUT2D eigenvalue weighted by Crippen LogP contribution is 2.22. The van der Waals surface area contributed by atoms with E-state index in [2.05, 4.69) is 25.6 Å². The van der Waals surface area contributed by atoms with Crippen LogP contribution in [0.2, 0.25) is 0 Å². The lowest BCUT2D eigenvalue weighted by atomic mass is 10.2. The Hall–Kier alpha value is -1.47. The number of nitrogens with one attached hydrogen (secondary N) is 1. The van der Waals surface area contributed by atoms with Crippen molar-refractivity contribution in [2.75, 3.05) is 4.72 Å². The summed E-state index contributed by atoms with van der Waals surface area (Å²) in [6.45, 7) is 3.37. The Kier molecular flexibility index (Phi) is 4.10. The molecule has 2 rings (SSSR count). The van der Waals surface area contributed by atoms with Crippen LogP contribution in [0.1, 0.15) is 11.1 Å². The standard InChI is InChI=1S/C13H12BrFN2O2S/c1-8-6-13(16-7-11(8)14)17-20(18,19)12-4-3-10(15)5-9(12)2/h3-7H,1-2H3,(H,16,17). The third-order valence-corrected chi connectivity index (χ3v) is 5.06. The van der Waals surface area contributed by atoms with E-state index in [1.54, 1.807) is 6.07 Å². The lowest BCUT2D eigenvalue weighted by molar-refractivity contribution is 0.598. The lowest BCUT2D eigenvalue weighted by Crippen LogP contribution is -2.15. The first-order valence-corrected chi connectivity index (χ1v) is 7.98. The summed E-state index contributed by atoms with van der Waals surface area (Å²) in [6.07, 6.45) is 1.52. The molecule has 0 fully saturated rings. The Morgan fingerprint density at radius 1 is 1.20 bits per heavy atom. The Balaban J connectivity index is 2.38. The van der Waals surface area contributed by atoms with Crippen LogP contribution in [0.25, 0.3) is 0 Å². The minimum absolute atomic E-state index is 0.0290. The van der Waals surface area contributed by atoms with E-state index in [1.165, 1.54) is 25.3 Å². The number of nitrogens with zero attached hydrogens (tertiary/aromatic N) is 1. The van der Waals surface area contributed by atoms with Crippen molar-refractivity contribution in [1.82, 2.24) is 4.98 Å². The van der Waals surface area contributed by atoms with Crippen LogP contribution in [0, 0.1) is 19.7 Å². The number of hydrogen-bond donors (Lipinski definition) is 1. The first-order chi connectivity index (χ1) is 9.29. The highest BCUT2D eigenvalue weighted by molar-refractivity contribution is 9.10. The van der Waals surface area contributed by atoms with Gasteiger partial charge in [-0.1, -0.05) is 0 Å². The number of hydrogen-bond acceptors (Lipinski definition) is 3. The summed E-state index contributed by atoms with van der Waals surface area (Å²) in [4.78, 5) is 4.01. The molecule has 7 heteroatoms. The zero-order valence-electron chi connectivity index (χ0n) is 10.8. The van der Waals surface area contributed by atoms with Crippen molar-refractivity contribution in [3.8, 4) is 0 Å². The van der Waals surface area contributed by atoms with Crippen molar-refractivity contribution in [2.24, 2.45) is 0 Å². The largest absolute Gasteiger partial charge is 0.263 e. The first kappa shape index (κ1) is 14.9. The minimum atomic E-state index is -3.78. The van der Waals surface area contributed by atoms with Gasteiger partial charge in [0.25, 0.3) is 10.0 Å². The number of pyridine rings is 1. The van der Waals surface area contributed by atoms with Gasteiger partial charge in [0.1, 0.15) is 11.6 Å². The fraction of sp³-hybridized carbons (Fsp3) is 0.154. The maximum Gasteiger partial charge on any atom is 0.263 e. The van der Waals surface area contributed by atoms with Gasteiger partial charge in [-0.05, 0) is 65.2 Å². The van der Waals surface area contributed by atoms with Crippen LogP contribution in [0.4, 0.5) is 10.2 Å². The average molecular weight is 359 g/mol. The van der Waals surface area contributed by atoms with E-state index in [1.807, 2.05) is 6.92 Å². The normalized spacial score (nSPS) is 11.4. The Bertz CT molecular complexity index is 763. The number of sulfonamides is 1. The van der Waals surface area contributed by atoms with Crippen LogP contribution in [-0.2, 0) is 10.0 Å². The van der Waals surface area contributed by atoms with Gasteiger partial charge in [-0.3, -0.25) is 4.72 Å². The summed E-state index contributed by atoms with van der Waals surface area (Å²) in [6, 6.07) is 5.13. The lowest BCUT2D eigenvalue weighted by Gasteiger charge is -2.10. The van der Waals surface area contributed by atoms with Crippen LogP contribution < -0.4 is 4.72 Å². The predicted molar refractivity (Wildman–Crippen MR) is 78.6 cm³/mol. The van der Waals surface area contributed by atoms with Gasteiger partial charge >= 0.3 is 0 Å². The van der Waals surface area contributed by atoms with Crippen molar-refractivity contribution in [2.45, 2.75) is 18.7 Å². The molecule has 1 N–H and O–H groups in total. The van der Waals surface area contributed by atoms with Gasteiger partial charge in [-0.15, -0.1) is 0 Å². The molecule has 0 spiro atoms. The highest BCUT2D eigenvalue weighted by atomic mass is 79.9. The second-order valence-electron chi connectivity index (χ2n) is 4.33. The number of aryl methyl sites for hydroxylation is 2. The van der Waals surface area contributed by atoms with Crippen LogP contribution >= 0.6 is 15.9 Å². The first-order valence-electron chi connectivity index (χ1n) is 5.71. The summed E-state index contributed by atoms with van der Waals surface area (Å²) in [5.74, 6) is -0.256. The zero-order valence-corrected chi connectivity index (χ0v) is 13.2. The maximum absolute atomic E-state index is 13.0. The second kappa shape index (κ2) is 5.49. The van der Waals surface area contributed by atoms with Crippen molar-refractivity contribution >= 4 is 31.8 Å². The molecule has 0 atom stereocenters. The third kappa shape index (κ3) is 3.16. The van der Waals surface area contributed by atoms with Gasteiger partial charge in [0.05, 0.1) is 4.90 Å². The molecular weight excluding hydrogens is 347 g/mol. The molecule has 0 saturated carbocycles. The van der Waals surface area contributed by atoms with E-state index in [-0.39, 0.29) is 10.7 Å². The molecule has 0 saturated heterocycles. The molecule has 0 unspecified atom stereocenters. The summed E-state index contributed by atoms with van der Waals surface area (Å²) < 4.78 is 40.7. The van der Waals surface area contributed by atoms with Gasteiger partial charge in [0.15, 0.2) is 0 Å². The van der Waals surface area contributed by atoms with E-state index in [0.717, 1.165) is 16.1 Å². The molecule has 0 aliphatic heterocycles. The molecule has 20 heavy (non-hydrogen) atoms. The fourth-order valence-corrected chi connectivity index (χ4v) is 3.15. The van der Waals surface area contributed by atoms with Crippen molar-refractivity contribution in [3.05, 3.63) is 51.9 Å². The van der Waals surface area contributed by atoms with Crippen LogP contribution in [-0.4, -0.2) is 13.4 Å². The second-order valence-corrected chi connectivity index (χ2v) is 6.84. The molecule has 1 heterocycles. The fourth-order valence-electron chi connectivity index (χ4n) is 1.70.